The maximum absolute atomic E-state index is 4.57. The Labute approximate surface area is 101 Å². The van der Waals surface area contributed by atoms with E-state index in [1.54, 1.807) is 11.3 Å². The van der Waals surface area contributed by atoms with Crippen molar-refractivity contribution in [3.8, 4) is 10.6 Å². The molecule has 1 nitrogen and oxygen atoms in total. The van der Waals surface area contributed by atoms with Gasteiger partial charge in [-0.05, 0) is 25.8 Å². The van der Waals surface area contributed by atoms with E-state index in [9.17, 15) is 0 Å². The van der Waals surface area contributed by atoms with Crippen LogP contribution in [-0.4, -0.2) is 4.98 Å². The fourth-order valence-corrected chi connectivity index (χ4v) is 2.62. The molecule has 0 atom stereocenters. The Balaban J connectivity index is 2.27. The van der Waals surface area contributed by atoms with E-state index in [0.29, 0.717) is 0 Å². The van der Waals surface area contributed by atoms with Crippen LogP contribution in [0.4, 0.5) is 0 Å². The summed E-state index contributed by atoms with van der Waals surface area (Å²) in [4.78, 5) is 5.89. The van der Waals surface area contributed by atoms with Crippen molar-refractivity contribution in [1.29, 1.82) is 0 Å². The van der Waals surface area contributed by atoms with Gasteiger partial charge in [-0.15, -0.1) is 11.3 Å². The summed E-state index contributed by atoms with van der Waals surface area (Å²) < 4.78 is 0. The van der Waals surface area contributed by atoms with Crippen LogP contribution in [0, 0.1) is 13.8 Å². The van der Waals surface area contributed by atoms with Crippen molar-refractivity contribution in [2.75, 3.05) is 0 Å². The van der Waals surface area contributed by atoms with Crippen LogP contribution in [0.2, 0.25) is 0 Å². The zero-order valence-electron chi connectivity index (χ0n) is 10.1. The Morgan fingerprint density at radius 3 is 2.31 bits per heavy atom. The van der Waals surface area contributed by atoms with Gasteiger partial charge in [-0.1, -0.05) is 37.6 Å². The molecule has 1 aromatic carbocycles. The topological polar surface area (TPSA) is 12.9 Å². The van der Waals surface area contributed by atoms with Crippen LogP contribution < -0.4 is 0 Å². The van der Waals surface area contributed by atoms with Gasteiger partial charge < -0.3 is 0 Å². The lowest BCUT2D eigenvalue weighted by molar-refractivity contribution is 0.922. The first-order valence-electron chi connectivity index (χ1n) is 5.74. The number of nitrogens with zero attached hydrogens (tertiary/aromatic N) is 1. The minimum Gasteiger partial charge on any atom is -0.241 e. The molecule has 0 saturated heterocycles. The predicted octanol–water partition coefficient (Wildman–Crippen LogP) is 4.38. The molecule has 0 radical (unpaired) electrons. The van der Waals surface area contributed by atoms with E-state index >= 15 is 0 Å². The second-order valence-electron chi connectivity index (χ2n) is 4.11. The second kappa shape index (κ2) is 4.79. The van der Waals surface area contributed by atoms with E-state index < -0.39 is 0 Å². The van der Waals surface area contributed by atoms with Gasteiger partial charge in [0.25, 0.3) is 0 Å². The lowest BCUT2D eigenvalue weighted by atomic mass is 10.1. The lowest BCUT2D eigenvalue weighted by Gasteiger charge is -2.00. The molecule has 84 valence electrons. The molecule has 0 N–H and O–H groups in total. The number of hydrogen-bond acceptors (Lipinski definition) is 2. The van der Waals surface area contributed by atoms with E-state index in [0.717, 1.165) is 17.1 Å². The third-order valence-corrected chi connectivity index (χ3v) is 3.89. The van der Waals surface area contributed by atoms with E-state index in [2.05, 4.69) is 50.0 Å². The molecular weight excluding hydrogens is 214 g/mol. The SMILES string of the molecule is CCCc1ccc(-c2nc(C)c(C)s2)cc1. The van der Waals surface area contributed by atoms with Crippen LogP contribution in [-0.2, 0) is 6.42 Å². The molecule has 0 aliphatic rings. The number of aryl methyl sites for hydroxylation is 3. The van der Waals surface area contributed by atoms with Gasteiger partial charge in [0.1, 0.15) is 5.01 Å². The molecule has 0 aliphatic heterocycles. The molecule has 2 aromatic rings. The Morgan fingerprint density at radius 1 is 1.12 bits per heavy atom. The van der Waals surface area contributed by atoms with Crippen molar-refractivity contribution in [3.63, 3.8) is 0 Å². The smallest absolute Gasteiger partial charge is 0.123 e. The van der Waals surface area contributed by atoms with Crippen LogP contribution in [0.1, 0.15) is 29.5 Å². The first kappa shape index (κ1) is 11.3. The van der Waals surface area contributed by atoms with Crippen LogP contribution in [0.25, 0.3) is 10.6 Å². The molecule has 2 heteroatoms. The third kappa shape index (κ3) is 2.33. The van der Waals surface area contributed by atoms with Gasteiger partial charge in [0.15, 0.2) is 0 Å². The molecule has 1 heterocycles. The number of benzene rings is 1. The van der Waals surface area contributed by atoms with E-state index in [1.807, 2.05) is 0 Å². The fraction of sp³-hybridized carbons (Fsp3) is 0.357. The molecule has 0 aliphatic carbocycles. The van der Waals surface area contributed by atoms with Crippen molar-refractivity contribution in [2.24, 2.45) is 0 Å². The van der Waals surface area contributed by atoms with Gasteiger partial charge in [-0.2, -0.15) is 0 Å². The van der Waals surface area contributed by atoms with E-state index in [1.165, 1.54) is 22.4 Å². The largest absolute Gasteiger partial charge is 0.241 e. The highest BCUT2D eigenvalue weighted by Gasteiger charge is 2.05. The molecule has 0 saturated carbocycles. The Kier molecular flexibility index (Phi) is 3.39. The van der Waals surface area contributed by atoms with Crippen molar-refractivity contribution >= 4 is 11.3 Å². The molecule has 0 unspecified atom stereocenters. The van der Waals surface area contributed by atoms with Crippen LogP contribution in [0.5, 0.6) is 0 Å². The number of hydrogen-bond donors (Lipinski definition) is 0. The first-order chi connectivity index (χ1) is 7.70. The summed E-state index contributed by atoms with van der Waals surface area (Å²) in [6.45, 7) is 6.41. The second-order valence-corrected chi connectivity index (χ2v) is 5.31. The monoisotopic (exact) mass is 231 g/mol. The Morgan fingerprint density at radius 2 is 1.81 bits per heavy atom. The molecule has 2 rings (SSSR count). The number of aromatic nitrogens is 1. The van der Waals surface area contributed by atoms with Gasteiger partial charge in [0, 0.05) is 10.4 Å². The molecule has 0 fully saturated rings. The minimum absolute atomic E-state index is 1.14. The van der Waals surface area contributed by atoms with Crippen LogP contribution in [0.3, 0.4) is 0 Å². The zero-order valence-corrected chi connectivity index (χ0v) is 10.9. The average molecular weight is 231 g/mol. The molecule has 1 aromatic heterocycles. The first-order valence-corrected chi connectivity index (χ1v) is 6.55. The van der Waals surface area contributed by atoms with Crippen molar-refractivity contribution < 1.29 is 0 Å². The number of rotatable bonds is 3. The van der Waals surface area contributed by atoms with Gasteiger partial charge in [0.2, 0.25) is 0 Å². The summed E-state index contributed by atoms with van der Waals surface area (Å²) in [5.41, 5.74) is 3.80. The Hall–Kier alpha value is -1.15. The highest BCUT2D eigenvalue weighted by atomic mass is 32.1. The average Bonchev–Trinajstić information content (AvgIpc) is 2.61. The van der Waals surface area contributed by atoms with Gasteiger partial charge >= 0.3 is 0 Å². The van der Waals surface area contributed by atoms with Crippen LogP contribution in [0.15, 0.2) is 24.3 Å². The quantitative estimate of drug-likeness (QED) is 0.764. The third-order valence-electron chi connectivity index (χ3n) is 2.77. The summed E-state index contributed by atoms with van der Waals surface area (Å²) in [5, 5.41) is 1.14. The van der Waals surface area contributed by atoms with E-state index in [-0.39, 0.29) is 0 Å². The molecule has 0 spiro atoms. The Bertz CT molecular complexity index is 448. The van der Waals surface area contributed by atoms with Crippen molar-refractivity contribution in [2.45, 2.75) is 33.6 Å². The minimum atomic E-state index is 1.14. The molecule has 16 heavy (non-hydrogen) atoms. The summed E-state index contributed by atoms with van der Waals surface area (Å²) >= 11 is 1.78. The van der Waals surface area contributed by atoms with Crippen LogP contribution >= 0.6 is 11.3 Å². The predicted molar refractivity (Wildman–Crippen MR) is 71.0 cm³/mol. The maximum Gasteiger partial charge on any atom is 0.123 e. The lowest BCUT2D eigenvalue weighted by Crippen LogP contribution is -1.83. The zero-order chi connectivity index (χ0) is 11.5. The fourth-order valence-electron chi connectivity index (χ4n) is 1.70. The molecule has 0 bridgehead atoms. The summed E-state index contributed by atoms with van der Waals surface area (Å²) in [5.74, 6) is 0. The number of thiazole rings is 1. The summed E-state index contributed by atoms with van der Waals surface area (Å²) in [6.07, 6.45) is 2.37. The normalized spacial score (nSPS) is 10.7. The highest BCUT2D eigenvalue weighted by molar-refractivity contribution is 7.15. The maximum atomic E-state index is 4.57. The van der Waals surface area contributed by atoms with E-state index in [4.69, 9.17) is 0 Å². The highest BCUT2D eigenvalue weighted by Crippen LogP contribution is 2.27. The van der Waals surface area contributed by atoms with Gasteiger partial charge in [-0.3, -0.25) is 0 Å². The molecule has 0 amide bonds. The van der Waals surface area contributed by atoms with Gasteiger partial charge in [0.05, 0.1) is 5.69 Å². The summed E-state index contributed by atoms with van der Waals surface area (Å²) in [6, 6.07) is 8.79. The summed E-state index contributed by atoms with van der Waals surface area (Å²) in [7, 11) is 0. The van der Waals surface area contributed by atoms with Crippen molar-refractivity contribution in [3.05, 3.63) is 40.4 Å². The van der Waals surface area contributed by atoms with Gasteiger partial charge in [-0.25, -0.2) is 4.98 Å². The standard InChI is InChI=1S/C14H17NS/c1-4-5-12-6-8-13(9-7-12)14-15-10(2)11(3)16-14/h6-9H,4-5H2,1-3H3. The van der Waals surface area contributed by atoms with Crippen molar-refractivity contribution in [1.82, 2.24) is 4.98 Å². The molecular formula is C14H17NS.